The molecular weight excluding hydrogens is 486 g/mol. The highest BCUT2D eigenvalue weighted by Crippen LogP contribution is 2.22. The monoisotopic (exact) mass is 511 g/mol. The zero-order chi connectivity index (χ0) is 26.2. The fraction of sp³-hybridized carbons (Fsp3) is 0.240. The third-order valence-corrected chi connectivity index (χ3v) is 6.46. The number of rotatable bonds is 6. The van der Waals surface area contributed by atoms with Crippen LogP contribution in [0.1, 0.15) is 22.0 Å². The number of nitrogens with one attached hydrogen (secondary N) is 2. The molecule has 0 bridgehead atoms. The summed E-state index contributed by atoms with van der Waals surface area (Å²) >= 11 is 0. The Morgan fingerprint density at radius 2 is 1.92 bits per heavy atom. The van der Waals surface area contributed by atoms with Gasteiger partial charge in [-0.05, 0) is 36.8 Å². The van der Waals surface area contributed by atoms with Crippen LogP contribution in [0.25, 0.3) is 16.8 Å². The molecule has 2 amide bonds. The molecule has 1 aliphatic rings. The van der Waals surface area contributed by atoms with E-state index in [4.69, 9.17) is 0 Å². The van der Waals surface area contributed by atoms with Crippen LogP contribution in [-0.2, 0) is 24.9 Å². The van der Waals surface area contributed by atoms with Crippen LogP contribution < -0.4 is 10.6 Å². The number of amides is 2. The molecule has 0 radical (unpaired) electrons. The van der Waals surface area contributed by atoms with E-state index in [-0.39, 0.29) is 18.3 Å². The Morgan fingerprint density at radius 3 is 2.76 bits per heavy atom. The van der Waals surface area contributed by atoms with E-state index in [1.165, 1.54) is 0 Å². The van der Waals surface area contributed by atoms with E-state index in [0.29, 0.717) is 29.3 Å². The van der Waals surface area contributed by atoms with Crippen molar-refractivity contribution in [3.63, 3.8) is 0 Å². The topological polar surface area (TPSA) is 140 Å². The summed E-state index contributed by atoms with van der Waals surface area (Å²) in [5.41, 5.74) is 5.05. The molecule has 0 aliphatic carbocycles. The van der Waals surface area contributed by atoms with Gasteiger partial charge in [-0.15, -0.1) is 10.2 Å². The van der Waals surface area contributed by atoms with Gasteiger partial charge in [-0.2, -0.15) is 10.2 Å². The molecule has 0 spiro atoms. The number of carbonyl (C=O) groups is 2. The van der Waals surface area contributed by atoms with Gasteiger partial charge in [-0.3, -0.25) is 33.2 Å². The van der Waals surface area contributed by atoms with Crippen molar-refractivity contribution in [3.05, 3.63) is 72.5 Å². The fourth-order valence-electron chi connectivity index (χ4n) is 4.48. The van der Waals surface area contributed by atoms with Crippen LogP contribution in [0, 0.1) is 6.92 Å². The average Bonchev–Trinajstić information content (AvgIpc) is 3.64. The zero-order valence-electron chi connectivity index (χ0n) is 20.9. The van der Waals surface area contributed by atoms with E-state index < -0.39 is 5.91 Å². The molecule has 6 rings (SSSR count). The smallest absolute Gasteiger partial charge is 0.294 e. The molecule has 0 fully saturated rings. The number of aryl methyl sites for hydroxylation is 2. The summed E-state index contributed by atoms with van der Waals surface area (Å²) in [6.45, 7) is 4.18. The number of carbonyl (C=O) groups excluding carboxylic acids is 2. The molecular formula is C25H25N11O2. The van der Waals surface area contributed by atoms with Gasteiger partial charge < -0.3 is 10.6 Å². The summed E-state index contributed by atoms with van der Waals surface area (Å²) in [4.78, 5) is 32.2. The fourth-order valence-corrected chi connectivity index (χ4v) is 4.48. The highest BCUT2D eigenvalue weighted by Gasteiger charge is 2.20. The lowest BCUT2D eigenvalue weighted by Crippen LogP contribution is -2.39. The lowest BCUT2D eigenvalue weighted by Gasteiger charge is -2.26. The van der Waals surface area contributed by atoms with Gasteiger partial charge in [0.1, 0.15) is 0 Å². The molecule has 38 heavy (non-hydrogen) atoms. The SMILES string of the molecule is Cc1ncc(NC(=O)CN2CCn3nccc3C2)cc1NC(=O)c1nnc2cc(-c3cnn(C)c3)ccn12. The minimum Gasteiger partial charge on any atom is -0.324 e. The molecule has 0 unspecified atom stereocenters. The van der Waals surface area contributed by atoms with Crippen LogP contribution in [0.3, 0.4) is 0 Å². The second-order valence-corrected chi connectivity index (χ2v) is 9.19. The van der Waals surface area contributed by atoms with Crippen LogP contribution >= 0.6 is 0 Å². The first-order chi connectivity index (χ1) is 18.4. The quantitative estimate of drug-likeness (QED) is 0.351. The predicted octanol–water partition coefficient (Wildman–Crippen LogP) is 1.74. The van der Waals surface area contributed by atoms with Gasteiger partial charge in [-0.1, -0.05) is 0 Å². The van der Waals surface area contributed by atoms with Crippen molar-refractivity contribution in [2.24, 2.45) is 7.05 Å². The van der Waals surface area contributed by atoms with Crippen LogP contribution in [-0.4, -0.2) is 68.9 Å². The number of hydrogen-bond donors (Lipinski definition) is 2. The number of fused-ring (bicyclic) bond motifs is 2. The van der Waals surface area contributed by atoms with Crippen LogP contribution in [0.4, 0.5) is 11.4 Å². The molecule has 2 N–H and O–H groups in total. The van der Waals surface area contributed by atoms with E-state index in [0.717, 1.165) is 29.9 Å². The Labute approximate surface area is 217 Å². The van der Waals surface area contributed by atoms with E-state index in [1.54, 1.807) is 46.9 Å². The Balaban J connectivity index is 1.14. The predicted molar refractivity (Wildman–Crippen MR) is 138 cm³/mol. The Hall–Kier alpha value is -4.91. The maximum Gasteiger partial charge on any atom is 0.294 e. The lowest BCUT2D eigenvalue weighted by atomic mass is 10.1. The minimum absolute atomic E-state index is 0.135. The second kappa shape index (κ2) is 9.52. The molecule has 5 aromatic rings. The number of aromatic nitrogens is 8. The first-order valence-electron chi connectivity index (χ1n) is 12.1. The molecule has 13 nitrogen and oxygen atoms in total. The number of hydrogen-bond acceptors (Lipinski definition) is 8. The van der Waals surface area contributed by atoms with Gasteiger partial charge in [0.15, 0.2) is 5.65 Å². The Morgan fingerprint density at radius 1 is 1.03 bits per heavy atom. The summed E-state index contributed by atoms with van der Waals surface area (Å²) in [6, 6.07) is 7.37. The van der Waals surface area contributed by atoms with Crippen molar-refractivity contribution in [1.82, 2.24) is 44.0 Å². The molecule has 0 aromatic carbocycles. The van der Waals surface area contributed by atoms with E-state index in [2.05, 4.69) is 40.9 Å². The molecule has 1 aliphatic heterocycles. The third-order valence-electron chi connectivity index (χ3n) is 6.46. The van der Waals surface area contributed by atoms with Crippen molar-refractivity contribution in [3.8, 4) is 11.1 Å². The summed E-state index contributed by atoms with van der Waals surface area (Å²) in [7, 11) is 1.85. The van der Waals surface area contributed by atoms with E-state index in [9.17, 15) is 9.59 Å². The first-order valence-corrected chi connectivity index (χ1v) is 12.1. The standard InChI is InChI=1S/C25H25N11O2/c1-16-21(10-19(12-26-16)29-23(37)15-34-7-8-36-20(14-34)3-5-27-36)30-25(38)24-32-31-22-9-17(4-6-35(22)24)18-11-28-33(2)13-18/h3-6,9-13H,7-8,14-15H2,1-2H3,(H,29,37)(H,30,38). The van der Waals surface area contributed by atoms with E-state index in [1.807, 2.05) is 36.1 Å². The third kappa shape index (κ3) is 4.62. The molecule has 0 atom stereocenters. The zero-order valence-corrected chi connectivity index (χ0v) is 20.9. The van der Waals surface area contributed by atoms with Gasteiger partial charge in [0.05, 0.1) is 48.2 Å². The van der Waals surface area contributed by atoms with Gasteiger partial charge >= 0.3 is 0 Å². The summed E-state index contributed by atoms with van der Waals surface area (Å²) in [5.74, 6) is -0.463. The van der Waals surface area contributed by atoms with Gasteiger partial charge in [0.25, 0.3) is 5.91 Å². The summed E-state index contributed by atoms with van der Waals surface area (Å²) in [6.07, 6.45) is 8.76. The second-order valence-electron chi connectivity index (χ2n) is 9.19. The van der Waals surface area contributed by atoms with Gasteiger partial charge in [0.2, 0.25) is 11.7 Å². The van der Waals surface area contributed by atoms with Crippen molar-refractivity contribution in [1.29, 1.82) is 0 Å². The number of nitrogens with zero attached hydrogens (tertiary/aromatic N) is 9. The van der Waals surface area contributed by atoms with Gasteiger partial charge in [-0.25, -0.2) is 0 Å². The normalized spacial score (nSPS) is 13.4. The van der Waals surface area contributed by atoms with E-state index >= 15 is 0 Å². The highest BCUT2D eigenvalue weighted by atomic mass is 16.2. The van der Waals surface area contributed by atoms with Crippen LogP contribution in [0.5, 0.6) is 0 Å². The van der Waals surface area contributed by atoms with Crippen molar-refractivity contribution in [2.75, 3.05) is 23.7 Å². The largest absolute Gasteiger partial charge is 0.324 e. The van der Waals surface area contributed by atoms with Gasteiger partial charge in [0, 0.05) is 44.3 Å². The Kier molecular flexibility index (Phi) is 5.88. The molecule has 0 saturated carbocycles. The maximum absolute atomic E-state index is 13.1. The lowest BCUT2D eigenvalue weighted by molar-refractivity contribution is -0.117. The maximum atomic E-state index is 13.1. The molecule has 6 heterocycles. The average molecular weight is 512 g/mol. The Bertz CT molecular complexity index is 1660. The summed E-state index contributed by atoms with van der Waals surface area (Å²) in [5, 5.41) is 22.4. The van der Waals surface area contributed by atoms with Crippen molar-refractivity contribution in [2.45, 2.75) is 20.0 Å². The molecule has 5 aromatic heterocycles. The number of anilines is 2. The van der Waals surface area contributed by atoms with Crippen molar-refractivity contribution < 1.29 is 9.59 Å². The molecule has 192 valence electrons. The first kappa shape index (κ1) is 23.5. The molecule has 13 heteroatoms. The minimum atomic E-state index is -0.440. The van der Waals surface area contributed by atoms with Crippen LogP contribution in [0.2, 0.25) is 0 Å². The molecule has 0 saturated heterocycles. The summed E-state index contributed by atoms with van der Waals surface area (Å²) < 4.78 is 5.29. The number of pyridine rings is 2. The highest BCUT2D eigenvalue weighted by molar-refractivity contribution is 6.03. The van der Waals surface area contributed by atoms with Crippen LogP contribution in [0.15, 0.2) is 55.2 Å². The van der Waals surface area contributed by atoms with Crippen molar-refractivity contribution >= 4 is 28.8 Å².